The summed E-state index contributed by atoms with van der Waals surface area (Å²) in [5, 5.41) is 0. The molecule has 2 aromatic rings. The van der Waals surface area contributed by atoms with E-state index in [1.54, 1.807) is 12.1 Å². The Morgan fingerprint density at radius 2 is 1.78 bits per heavy atom. The summed E-state index contributed by atoms with van der Waals surface area (Å²) < 4.78 is 0. The molecule has 0 spiro atoms. The molecule has 5 nitrogen and oxygen atoms in total. The molecule has 0 aliphatic carbocycles. The average Bonchev–Trinajstić information content (AvgIpc) is 2.76. The van der Waals surface area contributed by atoms with Crippen molar-refractivity contribution < 1.29 is 14.4 Å². The van der Waals surface area contributed by atoms with Gasteiger partial charge < -0.3 is 5.73 Å². The number of carbonyl (C=O) groups excluding carboxylic acids is 3. The zero-order chi connectivity index (χ0) is 16.7. The van der Waals surface area contributed by atoms with E-state index < -0.39 is 17.7 Å². The van der Waals surface area contributed by atoms with Crippen LogP contribution < -0.4 is 5.73 Å². The predicted octanol–water partition coefficient (Wildman–Crippen LogP) is 2.25. The van der Waals surface area contributed by atoms with Crippen LogP contribution >= 0.6 is 0 Å². The molecule has 3 rings (SSSR count). The largest absolute Gasteiger partial charge is 0.398 e. The topological polar surface area (TPSA) is 80.5 Å². The highest BCUT2D eigenvalue weighted by atomic mass is 16.2. The summed E-state index contributed by atoms with van der Waals surface area (Å²) in [6, 6.07) is 10.3. The zero-order valence-corrected chi connectivity index (χ0v) is 12.9. The molecule has 5 heteroatoms. The molecule has 0 saturated heterocycles. The maximum atomic E-state index is 12.5. The van der Waals surface area contributed by atoms with Crippen LogP contribution in [-0.2, 0) is 11.2 Å². The van der Waals surface area contributed by atoms with Gasteiger partial charge in [0, 0.05) is 5.69 Å². The van der Waals surface area contributed by atoms with Crippen LogP contribution in [0.5, 0.6) is 0 Å². The third-order valence-electron chi connectivity index (χ3n) is 4.12. The van der Waals surface area contributed by atoms with Crippen molar-refractivity contribution in [2.45, 2.75) is 20.3 Å². The highest BCUT2D eigenvalue weighted by Gasteiger charge is 2.40. The minimum Gasteiger partial charge on any atom is -0.398 e. The molecule has 2 aromatic carbocycles. The number of rotatable bonds is 2. The van der Waals surface area contributed by atoms with Crippen molar-refractivity contribution in [1.82, 2.24) is 4.90 Å². The van der Waals surface area contributed by atoms with Gasteiger partial charge in [0.25, 0.3) is 11.8 Å². The van der Waals surface area contributed by atoms with E-state index in [1.165, 1.54) is 6.07 Å². The lowest BCUT2D eigenvalue weighted by atomic mass is 10.0. The molecular weight excluding hydrogens is 292 g/mol. The second-order valence-electron chi connectivity index (χ2n) is 5.70. The molecule has 1 aliphatic rings. The predicted molar refractivity (Wildman–Crippen MR) is 86.0 cm³/mol. The molecule has 0 unspecified atom stereocenters. The number of fused-ring (bicyclic) bond motifs is 1. The van der Waals surface area contributed by atoms with Gasteiger partial charge in [-0.05, 0) is 42.7 Å². The minimum absolute atomic E-state index is 0.00745. The zero-order valence-electron chi connectivity index (χ0n) is 12.9. The Hall–Kier alpha value is -2.95. The Morgan fingerprint density at radius 3 is 2.43 bits per heavy atom. The average molecular weight is 308 g/mol. The molecule has 0 fully saturated rings. The van der Waals surface area contributed by atoms with Gasteiger partial charge in [-0.15, -0.1) is 0 Å². The smallest absolute Gasteiger partial charge is 0.270 e. The van der Waals surface area contributed by atoms with Gasteiger partial charge in [-0.2, -0.15) is 0 Å². The number of benzene rings is 2. The third-order valence-corrected chi connectivity index (χ3v) is 4.12. The summed E-state index contributed by atoms with van der Waals surface area (Å²) in [6.07, 6.45) is -0.00745. The number of anilines is 1. The molecule has 0 bridgehead atoms. The van der Waals surface area contributed by atoms with Crippen molar-refractivity contribution in [3.63, 3.8) is 0 Å². The lowest BCUT2D eigenvalue weighted by Crippen LogP contribution is -2.37. The summed E-state index contributed by atoms with van der Waals surface area (Å²) in [6.45, 7) is 3.93. The Kier molecular flexibility index (Phi) is 3.48. The van der Waals surface area contributed by atoms with Crippen LogP contribution in [0.4, 0.5) is 5.69 Å². The van der Waals surface area contributed by atoms with Crippen molar-refractivity contribution >= 4 is 23.4 Å². The number of imide groups is 3. The van der Waals surface area contributed by atoms with E-state index in [4.69, 9.17) is 5.73 Å². The number of nitrogens with two attached hydrogens (primary N) is 1. The maximum absolute atomic E-state index is 12.5. The van der Waals surface area contributed by atoms with Crippen LogP contribution in [0.1, 0.15) is 37.4 Å². The van der Waals surface area contributed by atoms with Gasteiger partial charge >= 0.3 is 0 Å². The second kappa shape index (κ2) is 5.35. The Morgan fingerprint density at radius 1 is 1.04 bits per heavy atom. The van der Waals surface area contributed by atoms with Crippen molar-refractivity contribution in [1.29, 1.82) is 0 Å². The molecule has 23 heavy (non-hydrogen) atoms. The van der Waals surface area contributed by atoms with Gasteiger partial charge in [0.2, 0.25) is 5.91 Å². The first-order valence-corrected chi connectivity index (χ1v) is 7.26. The number of nitrogens with zero attached hydrogens (tertiary/aromatic N) is 1. The summed E-state index contributed by atoms with van der Waals surface area (Å²) in [7, 11) is 0. The summed E-state index contributed by atoms with van der Waals surface area (Å²) in [4.78, 5) is 37.9. The quantitative estimate of drug-likeness (QED) is 0.681. The molecule has 0 radical (unpaired) electrons. The second-order valence-corrected chi connectivity index (χ2v) is 5.70. The molecule has 3 amide bonds. The fourth-order valence-corrected chi connectivity index (χ4v) is 2.71. The number of nitrogen functional groups attached to an aromatic ring is 1. The lowest BCUT2D eigenvalue weighted by Gasteiger charge is -2.12. The van der Waals surface area contributed by atoms with E-state index >= 15 is 0 Å². The van der Waals surface area contributed by atoms with Crippen LogP contribution in [0.15, 0.2) is 36.4 Å². The van der Waals surface area contributed by atoms with Gasteiger partial charge in [-0.1, -0.05) is 24.3 Å². The van der Waals surface area contributed by atoms with Crippen LogP contribution in [0.3, 0.4) is 0 Å². The summed E-state index contributed by atoms with van der Waals surface area (Å²) >= 11 is 0. The van der Waals surface area contributed by atoms with Crippen LogP contribution in [0.25, 0.3) is 0 Å². The Bertz CT molecular complexity index is 855. The molecule has 0 atom stereocenters. The van der Waals surface area contributed by atoms with Gasteiger partial charge in [-0.3, -0.25) is 14.4 Å². The van der Waals surface area contributed by atoms with Crippen LogP contribution in [-0.4, -0.2) is 22.6 Å². The van der Waals surface area contributed by atoms with Crippen molar-refractivity contribution in [3.8, 4) is 0 Å². The molecule has 0 aromatic heterocycles. The van der Waals surface area contributed by atoms with E-state index in [0.29, 0.717) is 4.90 Å². The first-order chi connectivity index (χ1) is 10.9. The highest BCUT2D eigenvalue weighted by Crippen LogP contribution is 2.28. The number of hydrogen-bond donors (Lipinski definition) is 1. The maximum Gasteiger partial charge on any atom is 0.270 e. The molecule has 1 heterocycles. The first-order valence-electron chi connectivity index (χ1n) is 7.26. The molecule has 2 N–H and O–H groups in total. The third kappa shape index (κ3) is 2.40. The standard InChI is InChI=1S/C18H16N2O3/c1-10-6-7-12(8-11(10)2)9-15(21)20-17(22)13-4-3-5-14(19)16(13)18(20)23/h3-8H,9,19H2,1-2H3. The van der Waals surface area contributed by atoms with E-state index in [2.05, 4.69) is 0 Å². The number of aryl methyl sites for hydroxylation is 2. The van der Waals surface area contributed by atoms with E-state index in [1.807, 2.05) is 32.0 Å². The number of amides is 3. The first kappa shape index (κ1) is 15.0. The van der Waals surface area contributed by atoms with Crippen LogP contribution in [0, 0.1) is 13.8 Å². The minimum atomic E-state index is -0.642. The monoisotopic (exact) mass is 308 g/mol. The number of carbonyl (C=O) groups is 3. The fraction of sp³-hybridized carbons (Fsp3) is 0.167. The van der Waals surface area contributed by atoms with E-state index in [9.17, 15) is 14.4 Å². The van der Waals surface area contributed by atoms with E-state index in [0.717, 1.165) is 16.7 Å². The molecular formula is C18H16N2O3. The normalized spacial score (nSPS) is 13.4. The van der Waals surface area contributed by atoms with Gasteiger partial charge in [0.05, 0.1) is 17.5 Å². The summed E-state index contributed by atoms with van der Waals surface area (Å²) in [5.41, 5.74) is 9.22. The van der Waals surface area contributed by atoms with Crippen LogP contribution in [0.2, 0.25) is 0 Å². The van der Waals surface area contributed by atoms with Gasteiger partial charge in [0.1, 0.15) is 0 Å². The fourth-order valence-electron chi connectivity index (χ4n) is 2.71. The molecule has 1 aliphatic heterocycles. The molecule has 0 saturated carbocycles. The van der Waals surface area contributed by atoms with Gasteiger partial charge in [0.15, 0.2) is 0 Å². The summed E-state index contributed by atoms with van der Waals surface area (Å²) in [5.74, 6) is -1.79. The van der Waals surface area contributed by atoms with E-state index in [-0.39, 0.29) is 23.2 Å². The lowest BCUT2D eigenvalue weighted by molar-refractivity contribution is -0.125. The Labute approximate surface area is 133 Å². The number of hydrogen-bond acceptors (Lipinski definition) is 4. The van der Waals surface area contributed by atoms with Crippen molar-refractivity contribution in [2.24, 2.45) is 0 Å². The highest BCUT2D eigenvalue weighted by molar-refractivity contribution is 6.30. The SMILES string of the molecule is Cc1ccc(CC(=O)N2C(=O)c3cccc(N)c3C2=O)cc1C. The Balaban J connectivity index is 1.89. The van der Waals surface area contributed by atoms with Crippen molar-refractivity contribution in [3.05, 3.63) is 64.2 Å². The van der Waals surface area contributed by atoms with Crippen molar-refractivity contribution in [2.75, 3.05) is 5.73 Å². The molecule has 116 valence electrons. The van der Waals surface area contributed by atoms with Gasteiger partial charge in [-0.25, -0.2) is 4.90 Å².